The molecule has 2 atom stereocenters. The van der Waals surface area contributed by atoms with Gasteiger partial charge in [0.25, 0.3) is 0 Å². The third-order valence-corrected chi connectivity index (χ3v) is 8.67. The number of ether oxygens (including phenoxy) is 5. The molecular weight excluding hydrogens is 561 g/mol. The largest absolute Gasteiger partial charge is 0.492 e. The molecule has 0 amide bonds. The number of hydrogen-bond acceptors (Lipinski definition) is 6. The monoisotopic (exact) mass is 596 g/mol. The van der Waals surface area contributed by atoms with Crippen LogP contribution in [-0.2, 0) is 26.9 Å². The molecule has 3 aliphatic rings. The third kappa shape index (κ3) is 5.92. The highest BCUT2D eigenvalue weighted by atomic mass is 19.4. The lowest BCUT2D eigenvalue weighted by molar-refractivity contribution is -0.141. The number of benzene rings is 3. The van der Waals surface area contributed by atoms with Gasteiger partial charge in [-0.1, -0.05) is 12.1 Å². The Morgan fingerprint density at radius 3 is 2.33 bits per heavy atom. The number of carbonyl (C=O) groups is 1. The Morgan fingerprint density at radius 2 is 1.63 bits per heavy atom. The molecule has 3 aromatic carbocycles. The van der Waals surface area contributed by atoms with Gasteiger partial charge in [0.05, 0.1) is 38.9 Å². The molecule has 2 aliphatic heterocycles. The van der Waals surface area contributed by atoms with Crippen LogP contribution in [0.2, 0.25) is 0 Å². The van der Waals surface area contributed by atoms with Gasteiger partial charge in [0.2, 0.25) is 0 Å². The highest BCUT2D eigenvalue weighted by molar-refractivity contribution is 5.80. The Bertz CT molecular complexity index is 1500. The molecule has 1 aliphatic carbocycles. The first-order valence-electron chi connectivity index (χ1n) is 14.7. The molecule has 0 aromatic heterocycles. The second kappa shape index (κ2) is 11.8. The molecule has 228 valence electrons. The van der Waals surface area contributed by atoms with Crippen LogP contribution in [0.3, 0.4) is 0 Å². The molecule has 1 fully saturated rings. The number of alkyl halides is 3. The zero-order valence-electron chi connectivity index (χ0n) is 24.5. The van der Waals surface area contributed by atoms with Gasteiger partial charge >= 0.3 is 12.1 Å². The van der Waals surface area contributed by atoms with Gasteiger partial charge in [0.15, 0.2) is 0 Å². The number of methoxy groups -OCH3 is 1. The second-order valence-electron chi connectivity index (χ2n) is 11.5. The van der Waals surface area contributed by atoms with Crippen molar-refractivity contribution < 1.29 is 41.7 Å². The van der Waals surface area contributed by atoms with Crippen molar-refractivity contribution in [3.8, 4) is 28.4 Å². The first-order valence-corrected chi connectivity index (χ1v) is 14.7. The van der Waals surface area contributed by atoms with Crippen LogP contribution in [0.4, 0.5) is 13.2 Å². The van der Waals surface area contributed by atoms with E-state index in [1.54, 1.807) is 12.1 Å². The summed E-state index contributed by atoms with van der Waals surface area (Å²) in [7, 11) is 1.36. The van der Waals surface area contributed by atoms with Crippen molar-refractivity contribution in [3.63, 3.8) is 0 Å². The van der Waals surface area contributed by atoms with Crippen LogP contribution < -0.4 is 14.2 Å². The van der Waals surface area contributed by atoms with Crippen LogP contribution in [0.1, 0.15) is 71.1 Å². The molecule has 2 heterocycles. The zero-order chi connectivity index (χ0) is 30.3. The van der Waals surface area contributed by atoms with Crippen LogP contribution in [0.15, 0.2) is 42.5 Å². The topological polar surface area (TPSA) is 63.2 Å². The molecule has 0 unspecified atom stereocenters. The molecule has 1 saturated heterocycles. The maximum absolute atomic E-state index is 14.4. The third-order valence-electron chi connectivity index (χ3n) is 8.67. The van der Waals surface area contributed by atoms with Crippen molar-refractivity contribution in [2.45, 2.75) is 70.3 Å². The van der Waals surface area contributed by atoms with Gasteiger partial charge in [0.1, 0.15) is 29.5 Å². The normalized spacial score (nSPS) is 19.9. The molecule has 0 radical (unpaired) electrons. The van der Waals surface area contributed by atoms with Crippen LogP contribution in [0.25, 0.3) is 11.1 Å². The fourth-order valence-electron chi connectivity index (χ4n) is 6.63. The molecule has 6 rings (SSSR count). The lowest BCUT2D eigenvalue weighted by atomic mass is 9.86. The van der Waals surface area contributed by atoms with E-state index in [0.717, 1.165) is 35.1 Å². The average Bonchev–Trinajstić information content (AvgIpc) is 3.56. The molecule has 0 spiro atoms. The summed E-state index contributed by atoms with van der Waals surface area (Å²) in [5.74, 6) is 1.49. The lowest BCUT2D eigenvalue weighted by Gasteiger charge is -2.25. The van der Waals surface area contributed by atoms with E-state index in [4.69, 9.17) is 23.7 Å². The molecular formula is C34H35F3O6. The highest BCUT2D eigenvalue weighted by Crippen LogP contribution is 2.49. The van der Waals surface area contributed by atoms with Gasteiger partial charge in [-0.05, 0) is 84.3 Å². The van der Waals surface area contributed by atoms with Crippen LogP contribution in [-0.4, -0.2) is 39.0 Å². The Kier molecular flexibility index (Phi) is 8.02. The number of halogens is 3. The van der Waals surface area contributed by atoms with Crippen molar-refractivity contribution in [1.82, 2.24) is 0 Å². The number of rotatable bonds is 7. The molecule has 0 N–H and O–H groups in total. The first-order chi connectivity index (χ1) is 20.6. The lowest BCUT2D eigenvalue weighted by Crippen LogP contribution is -2.25. The summed E-state index contributed by atoms with van der Waals surface area (Å²) in [5, 5.41) is 0. The number of carbonyl (C=O) groups excluding carboxylic acids is 1. The molecule has 43 heavy (non-hydrogen) atoms. The number of esters is 1. The molecule has 9 heteroatoms. The van der Waals surface area contributed by atoms with Gasteiger partial charge < -0.3 is 23.7 Å². The molecule has 0 bridgehead atoms. The number of hydrogen-bond donors (Lipinski definition) is 0. The minimum absolute atomic E-state index is 0.0337. The van der Waals surface area contributed by atoms with Gasteiger partial charge in [0, 0.05) is 30.4 Å². The van der Waals surface area contributed by atoms with Crippen molar-refractivity contribution in [2.75, 3.05) is 26.9 Å². The van der Waals surface area contributed by atoms with Gasteiger partial charge in [-0.3, -0.25) is 4.79 Å². The number of aryl methyl sites for hydroxylation is 2. The summed E-state index contributed by atoms with van der Waals surface area (Å²) in [6.07, 6.45) is -2.07. The van der Waals surface area contributed by atoms with Crippen molar-refractivity contribution in [1.29, 1.82) is 0 Å². The molecule has 6 nitrogen and oxygen atoms in total. The maximum Gasteiger partial charge on any atom is 0.417 e. The van der Waals surface area contributed by atoms with E-state index < -0.39 is 17.8 Å². The summed E-state index contributed by atoms with van der Waals surface area (Å²) >= 11 is 0. The number of fused-ring (bicyclic) bond motifs is 2. The average molecular weight is 597 g/mol. The van der Waals surface area contributed by atoms with Gasteiger partial charge in [-0.25, -0.2) is 0 Å². The van der Waals surface area contributed by atoms with Crippen molar-refractivity contribution in [3.05, 3.63) is 75.8 Å². The summed E-state index contributed by atoms with van der Waals surface area (Å²) < 4.78 is 71.9. The van der Waals surface area contributed by atoms with Crippen LogP contribution in [0, 0.1) is 13.8 Å². The molecule has 0 saturated carbocycles. The fourth-order valence-corrected chi connectivity index (χ4v) is 6.63. The maximum atomic E-state index is 14.4. The summed E-state index contributed by atoms with van der Waals surface area (Å²) in [4.78, 5) is 11.8. The van der Waals surface area contributed by atoms with Crippen LogP contribution >= 0.6 is 0 Å². The van der Waals surface area contributed by atoms with E-state index >= 15 is 0 Å². The predicted octanol–water partition coefficient (Wildman–Crippen LogP) is 7.65. The summed E-state index contributed by atoms with van der Waals surface area (Å²) in [6, 6.07) is 11.9. The van der Waals surface area contributed by atoms with E-state index in [2.05, 4.69) is 0 Å². The fraction of sp³-hybridized carbons (Fsp3) is 0.441. The Hall–Kier alpha value is -3.72. The minimum atomic E-state index is -4.52. The van der Waals surface area contributed by atoms with Gasteiger partial charge in [-0.15, -0.1) is 0 Å². The van der Waals surface area contributed by atoms with Crippen molar-refractivity contribution >= 4 is 5.97 Å². The quantitative estimate of drug-likeness (QED) is 0.261. The minimum Gasteiger partial charge on any atom is -0.492 e. The van der Waals surface area contributed by atoms with E-state index in [1.165, 1.54) is 13.2 Å². The SMILES string of the molecule is COC(=O)C[C@@H]1COc2cc(O[C@@H]3CCc4c3ccc(C(F)(F)F)c4-c3c(C)cc(OC4CCOCC4)cc3C)ccc21. The summed E-state index contributed by atoms with van der Waals surface area (Å²) in [5.41, 5.74) is 3.99. The van der Waals surface area contributed by atoms with E-state index in [0.29, 0.717) is 61.0 Å². The highest BCUT2D eigenvalue weighted by Gasteiger charge is 2.39. The standard InChI is InChI=1S/C34H35F3O6/c1-19-14-24(42-22-10-12-40-13-11-22)15-20(2)32(19)33-27-7-9-29(26(27)6-8-28(33)34(35,36)37)43-23-4-5-25-21(16-31(38)39-3)18-41-30(25)17-23/h4-6,8,14-15,17,21-22,29H,7,9-13,16,18H2,1-3H3/t21-,29-/m1/s1. The van der Waals surface area contributed by atoms with Crippen LogP contribution in [0.5, 0.6) is 17.2 Å². The Morgan fingerprint density at radius 1 is 0.907 bits per heavy atom. The summed E-state index contributed by atoms with van der Waals surface area (Å²) in [6.45, 7) is 5.35. The van der Waals surface area contributed by atoms with E-state index in [1.807, 2.05) is 38.1 Å². The van der Waals surface area contributed by atoms with Gasteiger partial charge in [-0.2, -0.15) is 13.2 Å². The van der Waals surface area contributed by atoms with E-state index in [-0.39, 0.29) is 30.0 Å². The van der Waals surface area contributed by atoms with E-state index in [9.17, 15) is 18.0 Å². The molecule has 3 aromatic rings. The Balaban J connectivity index is 1.31. The second-order valence-corrected chi connectivity index (χ2v) is 11.5. The first kappa shape index (κ1) is 29.4. The predicted molar refractivity (Wildman–Crippen MR) is 154 cm³/mol. The smallest absolute Gasteiger partial charge is 0.417 e. The zero-order valence-corrected chi connectivity index (χ0v) is 24.5. The van der Waals surface area contributed by atoms with Crippen molar-refractivity contribution in [2.24, 2.45) is 0 Å². The Labute approximate surface area is 249 Å².